The van der Waals surface area contributed by atoms with E-state index < -0.39 is 0 Å². The Balaban J connectivity index is 1.48. The van der Waals surface area contributed by atoms with Crippen LogP contribution in [-0.2, 0) is 6.42 Å². The first kappa shape index (κ1) is 13.7. The maximum absolute atomic E-state index is 9.07. The van der Waals surface area contributed by atoms with Crippen LogP contribution in [0.25, 0.3) is 0 Å². The first-order chi connectivity index (χ1) is 10.4. The molecule has 0 amide bonds. The molecule has 0 aliphatic heterocycles. The molecule has 0 radical (unpaired) electrons. The SMILES string of the molecule is O/N=C(\c1ccc(OCCCc2cnc[nH]2)cc1)C1CC1. The smallest absolute Gasteiger partial charge is 0.119 e. The highest BCUT2D eigenvalue weighted by atomic mass is 16.5. The molecule has 0 bridgehead atoms. The molecule has 1 saturated carbocycles. The van der Waals surface area contributed by atoms with Gasteiger partial charge < -0.3 is 14.9 Å². The van der Waals surface area contributed by atoms with Crippen molar-refractivity contribution in [2.24, 2.45) is 11.1 Å². The number of aromatic nitrogens is 2. The van der Waals surface area contributed by atoms with Gasteiger partial charge in [0.05, 0.1) is 18.6 Å². The quantitative estimate of drug-likeness (QED) is 0.355. The highest BCUT2D eigenvalue weighted by Gasteiger charge is 2.29. The van der Waals surface area contributed by atoms with Crippen LogP contribution in [0.15, 0.2) is 41.9 Å². The lowest BCUT2D eigenvalue weighted by atomic mass is 10.1. The molecule has 1 heterocycles. The number of rotatable bonds is 7. The van der Waals surface area contributed by atoms with E-state index in [1.807, 2.05) is 30.5 Å². The van der Waals surface area contributed by atoms with E-state index in [1.54, 1.807) is 6.33 Å². The lowest BCUT2D eigenvalue weighted by Gasteiger charge is -2.07. The predicted octanol–water partition coefficient (Wildman–Crippen LogP) is 3.01. The monoisotopic (exact) mass is 285 g/mol. The average molecular weight is 285 g/mol. The van der Waals surface area contributed by atoms with Crippen molar-refractivity contribution < 1.29 is 9.94 Å². The summed E-state index contributed by atoms with van der Waals surface area (Å²) in [6, 6.07) is 7.77. The summed E-state index contributed by atoms with van der Waals surface area (Å²) < 4.78 is 5.71. The van der Waals surface area contributed by atoms with Crippen molar-refractivity contribution in [1.29, 1.82) is 0 Å². The molecule has 2 N–H and O–H groups in total. The molecule has 1 aliphatic carbocycles. The average Bonchev–Trinajstić information content (AvgIpc) is 3.21. The van der Waals surface area contributed by atoms with Gasteiger partial charge in [-0.25, -0.2) is 4.98 Å². The Hall–Kier alpha value is -2.30. The van der Waals surface area contributed by atoms with E-state index in [2.05, 4.69) is 15.1 Å². The molecule has 1 aromatic carbocycles. The molecule has 2 aromatic rings. The third-order valence-electron chi connectivity index (χ3n) is 3.64. The number of imidazole rings is 1. The lowest BCUT2D eigenvalue weighted by molar-refractivity contribution is 0.310. The van der Waals surface area contributed by atoms with Crippen molar-refractivity contribution >= 4 is 5.71 Å². The Labute approximate surface area is 123 Å². The van der Waals surface area contributed by atoms with Crippen molar-refractivity contribution in [1.82, 2.24) is 9.97 Å². The summed E-state index contributed by atoms with van der Waals surface area (Å²) >= 11 is 0. The van der Waals surface area contributed by atoms with Gasteiger partial charge in [0, 0.05) is 17.8 Å². The van der Waals surface area contributed by atoms with Crippen molar-refractivity contribution in [2.75, 3.05) is 6.61 Å². The second-order valence-corrected chi connectivity index (χ2v) is 5.31. The molecular weight excluding hydrogens is 266 g/mol. The molecule has 1 aromatic heterocycles. The maximum Gasteiger partial charge on any atom is 0.119 e. The van der Waals surface area contributed by atoms with Crippen LogP contribution in [0.4, 0.5) is 0 Å². The van der Waals surface area contributed by atoms with Crippen molar-refractivity contribution in [3.63, 3.8) is 0 Å². The van der Waals surface area contributed by atoms with Crippen molar-refractivity contribution in [2.45, 2.75) is 25.7 Å². The summed E-state index contributed by atoms with van der Waals surface area (Å²) in [5, 5.41) is 12.5. The van der Waals surface area contributed by atoms with Crippen LogP contribution in [0.2, 0.25) is 0 Å². The van der Waals surface area contributed by atoms with E-state index in [-0.39, 0.29) is 0 Å². The summed E-state index contributed by atoms with van der Waals surface area (Å²) in [4.78, 5) is 7.06. The summed E-state index contributed by atoms with van der Waals surface area (Å²) in [5.41, 5.74) is 2.90. The summed E-state index contributed by atoms with van der Waals surface area (Å²) in [7, 11) is 0. The number of benzene rings is 1. The van der Waals surface area contributed by atoms with Gasteiger partial charge in [-0.15, -0.1) is 0 Å². The minimum atomic E-state index is 0.427. The number of aryl methyl sites for hydroxylation is 1. The first-order valence-electron chi connectivity index (χ1n) is 7.29. The van der Waals surface area contributed by atoms with E-state index in [0.717, 1.165) is 48.4 Å². The minimum Gasteiger partial charge on any atom is -0.494 e. The molecule has 0 atom stereocenters. The summed E-state index contributed by atoms with van der Waals surface area (Å²) in [5.74, 6) is 1.27. The second kappa shape index (κ2) is 6.43. The molecule has 5 heteroatoms. The number of hydrogen-bond acceptors (Lipinski definition) is 4. The number of ether oxygens (including phenoxy) is 1. The normalized spacial score (nSPS) is 15.1. The largest absolute Gasteiger partial charge is 0.494 e. The molecular formula is C16H19N3O2. The highest BCUT2D eigenvalue weighted by molar-refractivity contribution is 6.03. The van der Waals surface area contributed by atoms with Gasteiger partial charge in [0.2, 0.25) is 0 Å². The van der Waals surface area contributed by atoms with E-state index in [9.17, 15) is 0 Å². The third kappa shape index (κ3) is 3.62. The van der Waals surface area contributed by atoms with Crippen LogP contribution >= 0.6 is 0 Å². The van der Waals surface area contributed by atoms with Gasteiger partial charge in [-0.05, 0) is 55.5 Å². The minimum absolute atomic E-state index is 0.427. The fourth-order valence-corrected chi connectivity index (χ4v) is 2.33. The van der Waals surface area contributed by atoms with Gasteiger partial charge in [-0.1, -0.05) is 5.16 Å². The number of aromatic amines is 1. The van der Waals surface area contributed by atoms with E-state index in [1.165, 1.54) is 0 Å². The Morgan fingerprint density at radius 3 is 2.76 bits per heavy atom. The number of hydrogen-bond donors (Lipinski definition) is 2. The van der Waals surface area contributed by atoms with Gasteiger partial charge in [0.25, 0.3) is 0 Å². The molecule has 1 fully saturated rings. The number of H-pyrrole nitrogens is 1. The van der Waals surface area contributed by atoms with Gasteiger partial charge >= 0.3 is 0 Å². The molecule has 21 heavy (non-hydrogen) atoms. The van der Waals surface area contributed by atoms with Crippen LogP contribution in [-0.4, -0.2) is 27.5 Å². The van der Waals surface area contributed by atoms with Crippen molar-refractivity contribution in [3.05, 3.63) is 48.0 Å². The topological polar surface area (TPSA) is 70.5 Å². The zero-order valence-corrected chi connectivity index (χ0v) is 11.8. The van der Waals surface area contributed by atoms with Gasteiger partial charge in [0.15, 0.2) is 0 Å². The predicted molar refractivity (Wildman–Crippen MR) is 79.9 cm³/mol. The molecule has 110 valence electrons. The zero-order valence-electron chi connectivity index (χ0n) is 11.8. The summed E-state index contributed by atoms with van der Waals surface area (Å²) in [6.45, 7) is 0.669. The van der Waals surface area contributed by atoms with Crippen LogP contribution in [0, 0.1) is 5.92 Å². The van der Waals surface area contributed by atoms with E-state index >= 15 is 0 Å². The van der Waals surface area contributed by atoms with Crippen LogP contribution in [0.1, 0.15) is 30.5 Å². The maximum atomic E-state index is 9.07. The third-order valence-corrected chi connectivity index (χ3v) is 3.64. The van der Waals surface area contributed by atoms with Gasteiger partial charge in [-0.2, -0.15) is 0 Å². The molecule has 0 unspecified atom stereocenters. The Bertz CT molecular complexity index is 586. The second-order valence-electron chi connectivity index (χ2n) is 5.31. The van der Waals surface area contributed by atoms with Gasteiger partial charge in [0.1, 0.15) is 5.75 Å². The Morgan fingerprint density at radius 1 is 1.33 bits per heavy atom. The van der Waals surface area contributed by atoms with Crippen LogP contribution in [0.3, 0.4) is 0 Å². The molecule has 5 nitrogen and oxygen atoms in total. The van der Waals surface area contributed by atoms with Crippen LogP contribution < -0.4 is 4.74 Å². The first-order valence-corrected chi connectivity index (χ1v) is 7.29. The van der Waals surface area contributed by atoms with Crippen molar-refractivity contribution in [3.8, 4) is 5.75 Å². The molecule has 1 aliphatic rings. The molecule has 0 saturated heterocycles. The summed E-state index contributed by atoms with van der Waals surface area (Å²) in [6.07, 6.45) is 7.63. The number of nitrogens with one attached hydrogen (secondary N) is 1. The highest BCUT2D eigenvalue weighted by Crippen LogP contribution is 2.33. The fraction of sp³-hybridized carbons (Fsp3) is 0.375. The number of oxime groups is 1. The van der Waals surface area contributed by atoms with Gasteiger partial charge in [-0.3, -0.25) is 0 Å². The molecule has 3 rings (SSSR count). The standard InChI is InChI=1S/C16H19N3O2/c20-19-16(12-3-4-12)13-5-7-15(8-6-13)21-9-1-2-14-10-17-11-18-14/h5-8,10-12,20H,1-4,9H2,(H,17,18)/b19-16-. The van der Waals surface area contributed by atoms with E-state index in [0.29, 0.717) is 12.5 Å². The fourth-order valence-electron chi connectivity index (χ4n) is 2.33. The number of nitrogens with zero attached hydrogens (tertiary/aromatic N) is 2. The molecule has 0 spiro atoms. The lowest BCUT2D eigenvalue weighted by Crippen LogP contribution is -2.04. The van der Waals surface area contributed by atoms with Crippen LogP contribution in [0.5, 0.6) is 5.75 Å². The Morgan fingerprint density at radius 2 is 2.14 bits per heavy atom. The Kier molecular flexibility index (Phi) is 4.19. The zero-order chi connectivity index (χ0) is 14.5. The van der Waals surface area contributed by atoms with E-state index in [4.69, 9.17) is 9.94 Å².